The normalized spacial score (nSPS) is 44.7. The highest BCUT2D eigenvalue weighted by molar-refractivity contribution is 9.09. The lowest BCUT2D eigenvalue weighted by atomic mass is 9.67. The summed E-state index contributed by atoms with van der Waals surface area (Å²) < 4.78 is 0. The fourth-order valence-electron chi connectivity index (χ4n) is 3.30. The summed E-state index contributed by atoms with van der Waals surface area (Å²) in [6.07, 6.45) is 9.13. The third-order valence-electron chi connectivity index (χ3n) is 4.37. The van der Waals surface area contributed by atoms with Gasteiger partial charge in [0.25, 0.3) is 0 Å². The summed E-state index contributed by atoms with van der Waals surface area (Å²) in [5.41, 5.74) is 1.68. The molecular formula is C9H13Br. The minimum atomic E-state index is 0.839. The second kappa shape index (κ2) is 1.48. The van der Waals surface area contributed by atoms with Crippen LogP contribution in [0.2, 0.25) is 0 Å². The maximum Gasteiger partial charge on any atom is 0.0270 e. The Kier molecular flexibility index (Phi) is 0.893. The van der Waals surface area contributed by atoms with E-state index < -0.39 is 0 Å². The predicted octanol–water partition coefficient (Wildman–Crippen LogP) is 3.10. The second-order valence-electron chi connectivity index (χ2n) is 4.38. The van der Waals surface area contributed by atoms with E-state index in [1.807, 2.05) is 0 Å². The third kappa shape index (κ3) is 0.377. The van der Waals surface area contributed by atoms with Gasteiger partial charge in [0.2, 0.25) is 0 Å². The molecule has 0 aromatic heterocycles. The third-order valence-corrected chi connectivity index (χ3v) is 6.12. The van der Waals surface area contributed by atoms with Gasteiger partial charge in [-0.1, -0.05) is 28.8 Å². The molecular weight excluding hydrogens is 188 g/mol. The van der Waals surface area contributed by atoms with Crippen molar-refractivity contribution < 1.29 is 0 Å². The van der Waals surface area contributed by atoms with Gasteiger partial charge < -0.3 is 0 Å². The molecule has 0 bridgehead atoms. The van der Waals surface area contributed by atoms with E-state index in [1.165, 1.54) is 38.5 Å². The maximum atomic E-state index is 3.85. The molecule has 3 aliphatic carbocycles. The van der Waals surface area contributed by atoms with E-state index in [0.29, 0.717) is 0 Å². The van der Waals surface area contributed by atoms with E-state index >= 15 is 0 Å². The summed E-state index contributed by atoms with van der Waals surface area (Å²) in [5.74, 6) is 0. The summed E-state index contributed by atoms with van der Waals surface area (Å²) in [6, 6.07) is 0. The fourth-order valence-corrected chi connectivity index (χ4v) is 4.99. The van der Waals surface area contributed by atoms with Crippen LogP contribution in [0.4, 0.5) is 0 Å². The van der Waals surface area contributed by atoms with Gasteiger partial charge in [0.15, 0.2) is 0 Å². The Morgan fingerprint density at radius 2 is 1.30 bits per heavy atom. The largest absolute Gasteiger partial charge is 0.0878 e. The van der Waals surface area contributed by atoms with Crippen molar-refractivity contribution in [2.75, 3.05) is 0 Å². The van der Waals surface area contributed by atoms with E-state index in [9.17, 15) is 0 Å². The molecule has 0 aliphatic heterocycles. The van der Waals surface area contributed by atoms with Gasteiger partial charge in [-0.05, 0) is 36.5 Å². The molecule has 3 aliphatic rings. The van der Waals surface area contributed by atoms with Gasteiger partial charge >= 0.3 is 0 Å². The Bertz CT molecular complexity index is 157. The molecule has 3 fully saturated rings. The molecule has 3 saturated carbocycles. The Labute approximate surface area is 70.5 Å². The first kappa shape index (κ1) is 6.05. The van der Waals surface area contributed by atoms with Crippen molar-refractivity contribution in [1.82, 2.24) is 0 Å². The zero-order chi connectivity index (χ0) is 6.82. The zero-order valence-corrected chi connectivity index (χ0v) is 7.78. The molecule has 0 aromatic carbocycles. The highest BCUT2D eigenvalue weighted by Crippen LogP contribution is 2.83. The number of hydrogen-bond donors (Lipinski definition) is 0. The Hall–Kier alpha value is 0.480. The first-order valence-electron chi connectivity index (χ1n) is 4.46. The molecule has 0 N–H and O–H groups in total. The van der Waals surface area contributed by atoms with Gasteiger partial charge in [-0.2, -0.15) is 0 Å². The van der Waals surface area contributed by atoms with Gasteiger partial charge in [0, 0.05) is 4.83 Å². The van der Waals surface area contributed by atoms with Crippen LogP contribution in [-0.4, -0.2) is 4.83 Å². The average Bonchev–Trinajstić information content (AvgIpc) is 2.26. The molecule has 3 rings (SSSR count). The average molecular weight is 201 g/mol. The number of hydrogen-bond acceptors (Lipinski definition) is 0. The van der Waals surface area contributed by atoms with Gasteiger partial charge in [0.1, 0.15) is 0 Å². The van der Waals surface area contributed by atoms with E-state index in [0.717, 1.165) is 15.7 Å². The molecule has 56 valence electrons. The second-order valence-corrected chi connectivity index (χ2v) is 5.30. The Morgan fingerprint density at radius 3 is 1.40 bits per heavy atom. The molecule has 0 nitrogen and oxygen atoms in total. The van der Waals surface area contributed by atoms with Crippen LogP contribution in [-0.2, 0) is 0 Å². The van der Waals surface area contributed by atoms with Crippen molar-refractivity contribution in [2.24, 2.45) is 10.8 Å². The lowest BCUT2D eigenvalue weighted by Crippen LogP contribution is -2.26. The summed E-state index contributed by atoms with van der Waals surface area (Å²) in [7, 11) is 0. The minimum Gasteiger partial charge on any atom is -0.0878 e. The monoisotopic (exact) mass is 200 g/mol. The van der Waals surface area contributed by atoms with Gasteiger partial charge in [-0.25, -0.2) is 0 Å². The van der Waals surface area contributed by atoms with E-state index in [2.05, 4.69) is 15.9 Å². The number of rotatable bonds is 0. The molecule has 10 heavy (non-hydrogen) atoms. The minimum absolute atomic E-state index is 0.839. The summed E-state index contributed by atoms with van der Waals surface area (Å²) in [5, 5.41) is 0. The van der Waals surface area contributed by atoms with Crippen LogP contribution in [0.1, 0.15) is 38.5 Å². The van der Waals surface area contributed by atoms with Crippen molar-refractivity contribution in [2.45, 2.75) is 43.4 Å². The highest BCUT2D eigenvalue weighted by Gasteiger charge is 2.78. The van der Waals surface area contributed by atoms with Crippen LogP contribution in [0.3, 0.4) is 0 Å². The smallest absolute Gasteiger partial charge is 0.0270 e. The first-order valence-corrected chi connectivity index (χ1v) is 5.38. The standard InChI is InChI=1S/C9H13Br/c10-7-8(3-1-4-8)9(7)5-2-6-9/h7H,1-6H2. The quantitative estimate of drug-likeness (QED) is 0.528. The van der Waals surface area contributed by atoms with Crippen LogP contribution in [0.15, 0.2) is 0 Å². The molecule has 2 spiro atoms. The Morgan fingerprint density at radius 1 is 0.900 bits per heavy atom. The zero-order valence-electron chi connectivity index (χ0n) is 6.20. The number of fused-ring (bicyclic) bond motifs is 1. The molecule has 0 unspecified atom stereocenters. The predicted molar refractivity (Wildman–Crippen MR) is 45.3 cm³/mol. The van der Waals surface area contributed by atoms with E-state index in [4.69, 9.17) is 0 Å². The number of halogens is 1. The van der Waals surface area contributed by atoms with Crippen LogP contribution < -0.4 is 0 Å². The highest BCUT2D eigenvalue weighted by atomic mass is 79.9. The molecule has 0 atom stereocenters. The lowest BCUT2D eigenvalue weighted by molar-refractivity contribution is 0.129. The Balaban J connectivity index is 1.90. The van der Waals surface area contributed by atoms with E-state index in [1.54, 1.807) is 0 Å². The van der Waals surface area contributed by atoms with E-state index in [-0.39, 0.29) is 0 Å². The van der Waals surface area contributed by atoms with Crippen molar-refractivity contribution in [3.63, 3.8) is 0 Å². The summed E-state index contributed by atoms with van der Waals surface area (Å²) in [4.78, 5) is 0.926. The molecule has 1 heteroatoms. The van der Waals surface area contributed by atoms with Crippen LogP contribution in [0.25, 0.3) is 0 Å². The van der Waals surface area contributed by atoms with Crippen molar-refractivity contribution in [3.8, 4) is 0 Å². The molecule has 0 amide bonds. The van der Waals surface area contributed by atoms with Crippen molar-refractivity contribution >= 4 is 15.9 Å². The summed E-state index contributed by atoms with van der Waals surface area (Å²) in [6.45, 7) is 0. The van der Waals surface area contributed by atoms with Crippen LogP contribution in [0.5, 0.6) is 0 Å². The van der Waals surface area contributed by atoms with Crippen molar-refractivity contribution in [1.29, 1.82) is 0 Å². The molecule has 0 radical (unpaired) electrons. The molecule has 0 saturated heterocycles. The fraction of sp³-hybridized carbons (Fsp3) is 1.00. The summed E-state index contributed by atoms with van der Waals surface area (Å²) >= 11 is 3.85. The molecule has 0 heterocycles. The van der Waals surface area contributed by atoms with Gasteiger partial charge in [0.05, 0.1) is 0 Å². The topological polar surface area (TPSA) is 0 Å². The van der Waals surface area contributed by atoms with Crippen LogP contribution >= 0.6 is 15.9 Å². The molecule has 0 aromatic rings. The van der Waals surface area contributed by atoms with Gasteiger partial charge in [-0.15, -0.1) is 0 Å². The van der Waals surface area contributed by atoms with Crippen molar-refractivity contribution in [3.05, 3.63) is 0 Å². The maximum absolute atomic E-state index is 3.85. The first-order chi connectivity index (χ1) is 4.82. The number of alkyl halides is 1. The SMILES string of the molecule is BrC1C2(CCC2)C12CCC2. The van der Waals surface area contributed by atoms with Crippen LogP contribution in [0, 0.1) is 10.8 Å². The lowest BCUT2D eigenvalue weighted by Gasteiger charge is -2.37. The van der Waals surface area contributed by atoms with Gasteiger partial charge in [-0.3, -0.25) is 0 Å².